The first kappa shape index (κ1) is 64.8. The largest absolute Gasteiger partial charge is 0.390 e. The SMILES string of the molecule is C.CC1(O)CCC(NS(=O)(=O)c2ccc(-c3ncc(Cl)cc3Cl)c(F)c2)CC1.CC1(O)CCC(NS(=O)(=O)c2ccc(-c3ncc(Cl)cc3Cl)cc2)CC1.CC1(O)CCC(NS(=O)(=O)c2ccc(-c3ncc(F)cc3F)cc2)CC1. The molecule has 0 bridgehead atoms. The average Bonchev–Trinajstić information content (AvgIpc) is 3.37. The maximum Gasteiger partial charge on any atom is 0.240 e. The zero-order valence-corrected chi connectivity index (χ0v) is 48.5. The van der Waals surface area contributed by atoms with E-state index in [1.165, 1.54) is 67.0 Å². The maximum atomic E-state index is 14.6. The fourth-order valence-corrected chi connectivity index (χ4v) is 14.1. The van der Waals surface area contributed by atoms with Crippen molar-refractivity contribution in [3.8, 4) is 33.8 Å². The van der Waals surface area contributed by atoms with E-state index >= 15 is 0 Å². The van der Waals surface area contributed by atoms with Crippen LogP contribution >= 0.6 is 46.4 Å². The zero-order valence-electron chi connectivity index (χ0n) is 43.0. The Morgan fingerprint density at radius 3 is 1.16 bits per heavy atom. The van der Waals surface area contributed by atoms with Gasteiger partial charge in [0, 0.05) is 53.3 Å². The Labute approximate surface area is 485 Å². The van der Waals surface area contributed by atoms with Gasteiger partial charge in [-0.2, -0.15) is 0 Å². The summed E-state index contributed by atoms with van der Waals surface area (Å²) in [5.41, 5.74) is -0.366. The minimum absolute atomic E-state index is 0. The molecule has 3 aromatic carbocycles. The van der Waals surface area contributed by atoms with Crippen molar-refractivity contribution in [2.45, 2.75) is 155 Å². The summed E-state index contributed by atoms with van der Waals surface area (Å²) >= 11 is 23.8. The molecule has 80 heavy (non-hydrogen) atoms. The van der Waals surface area contributed by atoms with Crippen LogP contribution in [0.15, 0.2) is 118 Å². The third-order valence-electron chi connectivity index (χ3n) is 14.0. The summed E-state index contributed by atoms with van der Waals surface area (Å²) in [6.45, 7) is 5.27. The van der Waals surface area contributed by atoms with E-state index in [0.29, 0.717) is 109 Å². The molecule has 0 amide bonds. The van der Waals surface area contributed by atoms with E-state index in [2.05, 4.69) is 29.1 Å². The van der Waals surface area contributed by atoms with Crippen LogP contribution in [0.1, 0.15) is 105 Å². The second-order valence-electron chi connectivity index (χ2n) is 20.8. The highest BCUT2D eigenvalue weighted by molar-refractivity contribution is 7.90. The summed E-state index contributed by atoms with van der Waals surface area (Å²) < 4.78 is 125. The lowest BCUT2D eigenvalue weighted by Crippen LogP contribution is -2.42. The van der Waals surface area contributed by atoms with E-state index in [9.17, 15) is 53.7 Å². The summed E-state index contributed by atoms with van der Waals surface area (Å²) in [7, 11) is -11.2. The number of aromatic nitrogens is 3. The van der Waals surface area contributed by atoms with Crippen molar-refractivity contribution in [1.29, 1.82) is 0 Å². The lowest BCUT2D eigenvalue weighted by atomic mass is 9.84. The van der Waals surface area contributed by atoms with Crippen molar-refractivity contribution in [1.82, 2.24) is 29.1 Å². The van der Waals surface area contributed by atoms with Gasteiger partial charge in [0.25, 0.3) is 0 Å². The van der Waals surface area contributed by atoms with Gasteiger partial charge in [-0.15, -0.1) is 0 Å². The third kappa shape index (κ3) is 17.6. The van der Waals surface area contributed by atoms with Gasteiger partial charge in [-0.05, 0) is 152 Å². The van der Waals surface area contributed by atoms with E-state index < -0.39 is 64.3 Å². The Balaban J connectivity index is 0.000000192. The summed E-state index contributed by atoms with van der Waals surface area (Å²) in [5.74, 6) is -2.34. The van der Waals surface area contributed by atoms with E-state index in [0.717, 1.165) is 18.3 Å². The Hall–Kier alpha value is -4.33. The van der Waals surface area contributed by atoms with Gasteiger partial charge in [0.1, 0.15) is 17.3 Å². The number of hydrogen-bond acceptors (Lipinski definition) is 12. The van der Waals surface area contributed by atoms with Gasteiger partial charge in [0.2, 0.25) is 30.1 Å². The lowest BCUT2D eigenvalue weighted by Gasteiger charge is -2.33. The van der Waals surface area contributed by atoms with Gasteiger partial charge in [-0.25, -0.2) is 52.6 Å². The Morgan fingerprint density at radius 2 is 0.800 bits per heavy atom. The van der Waals surface area contributed by atoms with Gasteiger partial charge < -0.3 is 15.3 Å². The number of nitrogens with one attached hydrogen (secondary N) is 3. The van der Waals surface area contributed by atoms with Gasteiger partial charge in [-0.1, -0.05) is 78.1 Å². The minimum Gasteiger partial charge on any atom is -0.390 e. The number of rotatable bonds is 12. The molecule has 0 unspecified atom stereocenters. The van der Waals surface area contributed by atoms with Crippen LogP contribution in [0.2, 0.25) is 20.1 Å². The zero-order chi connectivity index (χ0) is 57.7. The molecule has 6 N–H and O–H groups in total. The minimum atomic E-state index is -3.88. The van der Waals surface area contributed by atoms with Crippen LogP contribution in [0.5, 0.6) is 0 Å². The number of aliphatic hydroxyl groups is 3. The highest BCUT2D eigenvalue weighted by atomic mass is 35.5. The molecule has 3 aliphatic carbocycles. The molecule has 0 atom stereocenters. The first-order valence-corrected chi connectivity index (χ1v) is 31.0. The average molecular weight is 1250 g/mol. The van der Waals surface area contributed by atoms with Gasteiger partial charge in [0.15, 0.2) is 5.82 Å². The van der Waals surface area contributed by atoms with Crippen LogP contribution in [0, 0.1) is 17.5 Å². The number of hydrogen-bond donors (Lipinski definition) is 6. The van der Waals surface area contributed by atoms with Crippen molar-refractivity contribution in [2.24, 2.45) is 0 Å². The number of nitrogens with zero attached hydrogens (tertiary/aromatic N) is 3. The molecule has 0 radical (unpaired) electrons. The van der Waals surface area contributed by atoms with Crippen molar-refractivity contribution < 1.29 is 53.7 Å². The molecule has 0 spiro atoms. The number of sulfonamides is 3. The van der Waals surface area contributed by atoms with E-state index in [-0.39, 0.29) is 62.2 Å². The van der Waals surface area contributed by atoms with Crippen LogP contribution in [0.4, 0.5) is 13.2 Å². The molecular formula is C55H63Cl4F3N6O9S3. The molecule has 6 aromatic rings. The molecule has 25 heteroatoms. The van der Waals surface area contributed by atoms with Crippen LogP contribution < -0.4 is 14.2 Å². The molecule has 3 heterocycles. The molecule has 15 nitrogen and oxygen atoms in total. The van der Waals surface area contributed by atoms with Crippen LogP contribution in [-0.4, -0.2) is 90.5 Å². The van der Waals surface area contributed by atoms with E-state index in [1.54, 1.807) is 39.0 Å². The van der Waals surface area contributed by atoms with Crippen molar-refractivity contribution >= 4 is 76.5 Å². The predicted molar refractivity (Wildman–Crippen MR) is 305 cm³/mol. The lowest BCUT2D eigenvalue weighted by molar-refractivity contribution is 0.0159. The first-order valence-electron chi connectivity index (χ1n) is 25.1. The molecule has 434 valence electrons. The number of benzene rings is 3. The molecule has 9 rings (SSSR count). The summed E-state index contributed by atoms with van der Waals surface area (Å²) in [6.07, 6.45) is 10.4. The molecule has 3 aromatic heterocycles. The fraction of sp³-hybridized carbons (Fsp3) is 0.400. The smallest absolute Gasteiger partial charge is 0.240 e. The topological polar surface area (TPSA) is 238 Å². The Bertz CT molecular complexity index is 3320. The van der Waals surface area contributed by atoms with Crippen molar-refractivity contribution in [3.05, 3.63) is 141 Å². The van der Waals surface area contributed by atoms with Gasteiger partial charge >= 0.3 is 0 Å². The molecular weight excluding hydrogens is 1180 g/mol. The highest BCUT2D eigenvalue weighted by Crippen LogP contribution is 2.35. The van der Waals surface area contributed by atoms with Crippen molar-refractivity contribution in [3.63, 3.8) is 0 Å². The van der Waals surface area contributed by atoms with Crippen LogP contribution in [0.25, 0.3) is 33.8 Å². The predicted octanol–water partition coefficient (Wildman–Crippen LogP) is 11.8. The molecule has 3 aliphatic rings. The Kier molecular flexibility index (Phi) is 21.5. The fourth-order valence-electron chi connectivity index (χ4n) is 9.24. The van der Waals surface area contributed by atoms with E-state index in [4.69, 9.17) is 46.4 Å². The van der Waals surface area contributed by atoms with Crippen molar-refractivity contribution in [2.75, 3.05) is 0 Å². The second-order valence-corrected chi connectivity index (χ2v) is 27.6. The summed E-state index contributed by atoms with van der Waals surface area (Å²) in [5, 5.41) is 31.2. The standard InChI is InChI=1S/C18H19Cl2FN2O3S.C18H20Cl2N2O3S.C18H20F2N2O3S.CH4/c1-18(24)6-4-12(5-7-18)23-27(25,26)13-2-3-14(16(21)9-13)17-15(20)8-11(19)10-22-17;2*1-18(23)8-6-14(7-9-18)22-26(24,25)15-4-2-12(3-5-15)17-16(20)10-13(19)11-21-17;/h2-3,8-10,12,23-24H,4-7H2,1H3;2*2-5,10-11,14,22-23H,6-9H2,1H3;1H4. The summed E-state index contributed by atoms with van der Waals surface area (Å²) in [6, 6.07) is 18.7. The van der Waals surface area contributed by atoms with Gasteiger partial charge in [-0.3, -0.25) is 15.0 Å². The maximum absolute atomic E-state index is 14.6. The quantitative estimate of drug-likeness (QED) is 0.0671. The monoisotopic (exact) mass is 1240 g/mol. The normalized spacial score (nSPS) is 23.3. The highest BCUT2D eigenvalue weighted by Gasteiger charge is 2.34. The van der Waals surface area contributed by atoms with E-state index in [1.807, 2.05) is 0 Å². The molecule has 0 saturated heterocycles. The third-order valence-corrected chi connectivity index (χ3v) is 19.5. The van der Waals surface area contributed by atoms with Crippen LogP contribution in [-0.2, 0) is 30.1 Å². The second kappa shape index (κ2) is 26.5. The molecule has 0 aliphatic heterocycles. The summed E-state index contributed by atoms with van der Waals surface area (Å²) in [4.78, 5) is 12.0. The molecule has 3 fully saturated rings. The number of pyridine rings is 3. The molecule has 3 saturated carbocycles. The van der Waals surface area contributed by atoms with Crippen LogP contribution in [0.3, 0.4) is 0 Å². The van der Waals surface area contributed by atoms with Gasteiger partial charge in [0.05, 0.1) is 69.2 Å². The number of halogens is 7. The Morgan fingerprint density at radius 1 is 0.463 bits per heavy atom. The first-order chi connectivity index (χ1) is 36.9.